The van der Waals surface area contributed by atoms with Crippen LogP contribution >= 0.6 is 12.4 Å². The highest BCUT2D eigenvalue weighted by atomic mass is 35.5. The van der Waals surface area contributed by atoms with Crippen molar-refractivity contribution in [2.45, 2.75) is 25.8 Å². The molecule has 1 aliphatic carbocycles. The first-order valence-corrected chi connectivity index (χ1v) is 6.00. The Balaban J connectivity index is 0.00000180. The largest absolute Gasteiger partial charge is 0.399 e. The molecule has 0 heterocycles. The Labute approximate surface area is 118 Å². The smallest absolute Gasteiger partial charge is 0.252 e. The molecule has 0 unspecified atom stereocenters. The molecule has 0 bridgehead atoms. The molecule has 4 N–H and O–H groups in total. The van der Waals surface area contributed by atoms with E-state index in [1.807, 2.05) is 6.92 Å². The predicted octanol–water partition coefficient (Wildman–Crippen LogP) is 1.01. The Morgan fingerprint density at radius 1 is 1.37 bits per heavy atom. The maximum Gasteiger partial charge on any atom is 0.252 e. The first kappa shape index (κ1) is 15.3. The van der Waals surface area contributed by atoms with Crippen LogP contribution < -0.4 is 16.4 Å². The average Bonchev–Trinajstić information content (AvgIpc) is 3.13. The summed E-state index contributed by atoms with van der Waals surface area (Å²) in [4.78, 5) is 23.3. The number of amides is 2. The third kappa shape index (κ3) is 4.44. The zero-order chi connectivity index (χ0) is 13.1. The molecule has 0 saturated heterocycles. The highest BCUT2D eigenvalue weighted by Crippen LogP contribution is 2.18. The van der Waals surface area contributed by atoms with Gasteiger partial charge in [0.15, 0.2) is 0 Å². The van der Waals surface area contributed by atoms with E-state index >= 15 is 0 Å². The van der Waals surface area contributed by atoms with Gasteiger partial charge in [0, 0.05) is 17.3 Å². The number of nitrogens with one attached hydrogen (secondary N) is 2. The zero-order valence-electron chi connectivity index (χ0n) is 10.7. The maximum absolute atomic E-state index is 11.9. The minimum absolute atomic E-state index is 0. The number of carbonyl (C=O) groups excluding carboxylic acids is 2. The second-order valence-electron chi connectivity index (χ2n) is 4.60. The summed E-state index contributed by atoms with van der Waals surface area (Å²) in [7, 11) is 0. The van der Waals surface area contributed by atoms with E-state index < -0.39 is 0 Å². The van der Waals surface area contributed by atoms with Gasteiger partial charge in [0.25, 0.3) is 5.91 Å². The van der Waals surface area contributed by atoms with Gasteiger partial charge in [-0.15, -0.1) is 12.4 Å². The van der Waals surface area contributed by atoms with Crippen molar-refractivity contribution in [1.82, 2.24) is 10.6 Å². The lowest BCUT2D eigenvalue weighted by molar-refractivity contribution is -0.120. The van der Waals surface area contributed by atoms with E-state index in [4.69, 9.17) is 5.73 Å². The first-order valence-electron chi connectivity index (χ1n) is 6.00. The number of nitrogen functional groups attached to an aromatic ring is 1. The van der Waals surface area contributed by atoms with Gasteiger partial charge >= 0.3 is 0 Å². The summed E-state index contributed by atoms with van der Waals surface area (Å²) in [5.41, 5.74) is 7.52. The minimum atomic E-state index is -0.272. The minimum Gasteiger partial charge on any atom is -0.399 e. The number of hydrogen-bond acceptors (Lipinski definition) is 3. The standard InChI is InChI=1S/C13H17N3O2.ClH/c1-8-2-3-9(14)6-11(8)13(18)15-7-12(17)16-10-4-5-10;/h2-3,6,10H,4-5,7,14H2,1H3,(H,15,18)(H,16,17);1H. The van der Waals surface area contributed by atoms with Crippen molar-refractivity contribution in [2.24, 2.45) is 0 Å². The van der Waals surface area contributed by atoms with Crippen LogP contribution in [0.15, 0.2) is 18.2 Å². The molecular weight excluding hydrogens is 266 g/mol. The van der Waals surface area contributed by atoms with Crippen molar-refractivity contribution in [2.75, 3.05) is 12.3 Å². The van der Waals surface area contributed by atoms with Gasteiger partial charge in [-0.3, -0.25) is 9.59 Å². The number of aryl methyl sites for hydroxylation is 1. The van der Waals surface area contributed by atoms with Crippen molar-refractivity contribution in [3.8, 4) is 0 Å². The van der Waals surface area contributed by atoms with Crippen molar-refractivity contribution < 1.29 is 9.59 Å². The zero-order valence-corrected chi connectivity index (χ0v) is 11.5. The molecular formula is C13H18ClN3O2. The van der Waals surface area contributed by atoms with E-state index in [9.17, 15) is 9.59 Å². The number of benzene rings is 1. The van der Waals surface area contributed by atoms with Gasteiger partial charge in [0.1, 0.15) is 0 Å². The van der Waals surface area contributed by atoms with Crippen molar-refractivity contribution in [3.05, 3.63) is 29.3 Å². The van der Waals surface area contributed by atoms with E-state index in [0.717, 1.165) is 18.4 Å². The fourth-order valence-corrected chi connectivity index (χ4v) is 1.65. The molecule has 2 amide bonds. The number of halogens is 1. The summed E-state index contributed by atoms with van der Waals surface area (Å²) < 4.78 is 0. The second kappa shape index (κ2) is 6.43. The molecule has 104 valence electrons. The molecule has 0 atom stereocenters. The van der Waals surface area contributed by atoms with Crippen LogP contribution in [0.5, 0.6) is 0 Å². The van der Waals surface area contributed by atoms with Gasteiger partial charge in [0.05, 0.1) is 6.54 Å². The van der Waals surface area contributed by atoms with Gasteiger partial charge < -0.3 is 16.4 Å². The quantitative estimate of drug-likeness (QED) is 0.721. The van der Waals surface area contributed by atoms with E-state index in [1.165, 1.54) is 0 Å². The van der Waals surface area contributed by atoms with Gasteiger partial charge in [-0.05, 0) is 37.5 Å². The Bertz CT molecular complexity index is 487. The number of anilines is 1. The number of nitrogens with two attached hydrogens (primary N) is 1. The second-order valence-corrected chi connectivity index (χ2v) is 4.60. The number of carbonyl (C=O) groups is 2. The van der Waals surface area contributed by atoms with Crippen LogP contribution in [0.25, 0.3) is 0 Å². The third-order valence-electron chi connectivity index (χ3n) is 2.86. The Kier molecular flexibility index (Phi) is 5.18. The Hall–Kier alpha value is -1.75. The fourth-order valence-electron chi connectivity index (χ4n) is 1.65. The van der Waals surface area contributed by atoms with Gasteiger partial charge in [0.2, 0.25) is 5.91 Å². The normalized spacial score (nSPS) is 13.3. The van der Waals surface area contributed by atoms with Crippen LogP contribution in [0.1, 0.15) is 28.8 Å². The molecule has 1 aliphatic rings. The molecule has 1 fully saturated rings. The maximum atomic E-state index is 11.9. The molecule has 1 saturated carbocycles. The molecule has 0 aromatic heterocycles. The molecule has 0 spiro atoms. The van der Waals surface area contributed by atoms with Crippen molar-refractivity contribution in [1.29, 1.82) is 0 Å². The third-order valence-corrected chi connectivity index (χ3v) is 2.86. The molecule has 1 aromatic rings. The lowest BCUT2D eigenvalue weighted by atomic mass is 10.1. The molecule has 0 aliphatic heterocycles. The predicted molar refractivity (Wildman–Crippen MR) is 76.3 cm³/mol. The molecule has 0 radical (unpaired) electrons. The molecule has 2 rings (SSSR count). The topological polar surface area (TPSA) is 84.2 Å². The number of hydrogen-bond donors (Lipinski definition) is 3. The number of rotatable bonds is 4. The van der Waals surface area contributed by atoms with E-state index in [2.05, 4.69) is 10.6 Å². The van der Waals surface area contributed by atoms with E-state index in [0.29, 0.717) is 17.3 Å². The van der Waals surface area contributed by atoms with E-state index in [-0.39, 0.29) is 30.8 Å². The van der Waals surface area contributed by atoms with Crippen molar-refractivity contribution in [3.63, 3.8) is 0 Å². The monoisotopic (exact) mass is 283 g/mol. The van der Waals surface area contributed by atoms with Crippen LogP contribution in [0, 0.1) is 6.92 Å². The summed E-state index contributed by atoms with van der Waals surface area (Å²) in [6.07, 6.45) is 2.07. The van der Waals surface area contributed by atoms with Gasteiger partial charge in [-0.2, -0.15) is 0 Å². The lowest BCUT2D eigenvalue weighted by Gasteiger charge is -2.08. The van der Waals surface area contributed by atoms with Crippen LogP contribution in [-0.4, -0.2) is 24.4 Å². The Morgan fingerprint density at radius 3 is 2.68 bits per heavy atom. The van der Waals surface area contributed by atoms with E-state index in [1.54, 1.807) is 18.2 Å². The molecule has 6 heteroatoms. The lowest BCUT2D eigenvalue weighted by Crippen LogP contribution is -2.38. The molecule has 1 aromatic carbocycles. The summed E-state index contributed by atoms with van der Waals surface area (Å²) >= 11 is 0. The van der Waals surface area contributed by atoms with Crippen LogP contribution in [-0.2, 0) is 4.79 Å². The highest BCUT2D eigenvalue weighted by molar-refractivity contribution is 5.98. The summed E-state index contributed by atoms with van der Waals surface area (Å²) in [6.45, 7) is 1.84. The molecule has 5 nitrogen and oxygen atoms in total. The summed E-state index contributed by atoms with van der Waals surface area (Å²) in [5, 5.41) is 5.40. The first-order chi connectivity index (χ1) is 8.56. The highest BCUT2D eigenvalue weighted by Gasteiger charge is 2.23. The van der Waals surface area contributed by atoms with Crippen LogP contribution in [0.2, 0.25) is 0 Å². The SMILES string of the molecule is Cc1ccc(N)cc1C(=O)NCC(=O)NC1CC1.Cl. The van der Waals surface area contributed by atoms with Crippen molar-refractivity contribution >= 4 is 29.9 Å². The van der Waals surface area contributed by atoms with Crippen LogP contribution in [0.4, 0.5) is 5.69 Å². The fraction of sp³-hybridized carbons (Fsp3) is 0.385. The van der Waals surface area contributed by atoms with Crippen LogP contribution in [0.3, 0.4) is 0 Å². The molecule has 19 heavy (non-hydrogen) atoms. The average molecular weight is 284 g/mol. The summed E-state index contributed by atoms with van der Waals surface area (Å²) in [5.74, 6) is -0.418. The summed E-state index contributed by atoms with van der Waals surface area (Å²) in [6, 6.07) is 5.45. The van der Waals surface area contributed by atoms with Gasteiger partial charge in [-0.25, -0.2) is 0 Å². The van der Waals surface area contributed by atoms with Gasteiger partial charge in [-0.1, -0.05) is 6.07 Å². The Morgan fingerprint density at radius 2 is 2.05 bits per heavy atom.